The van der Waals surface area contributed by atoms with Crippen LogP contribution in [0.4, 0.5) is 0 Å². The highest BCUT2D eigenvalue weighted by molar-refractivity contribution is 5.22. The van der Waals surface area contributed by atoms with Crippen LogP contribution in [0.25, 0.3) is 0 Å². The summed E-state index contributed by atoms with van der Waals surface area (Å²) in [5.41, 5.74) is 1.78. The molecule has 0 aromatic heterocycles. The molecule has 6 nitrogen and oxygen atoms in total. The lowest BCUT2D eigenvalue weighted by molar-refractivity contribution is -0.00509. The van der Waals surface area contributed by atoms with Gasteiger partial charge in [0, 0.05) is 32.2 Å². The third-order valence-electron chi connectivity index (χ3n) is 6.34. The Kier molecular flexibility index (Phi) is 13.6. The van der Waals surface area contributed by atoms with Gasteiger partial charge in [0.25, 0.3) is 0 Å². The molecule has 2 fully saturated rings. The fourth-order valence-electron chi connectivity index (χ4n) is 4.35. The van der Waals surface area contributed by atoms with E-state index in [2.05, 4.69) is 35.4 Å². The fourth-order valence-corrected chi connectivity index (χ4v) is 4.35. The Morgan fingerprint density at radius 3 is 2.06 bits per heavy atom. The minimum atomic E-state index is 0.326. The molecule has 2 rings (SSSR count). The van der Waals surface area contributed by atoms with Gasteiger partial charge in [-0.05, 0) is 36.7 Å². The van der Waals surface area contributed by atoms with Crippen molar-refractivity contribution in [3.63, 3.8) is 0 Å². The molecule has 1 N–H and O–H groups in total. The smallest absolute Gasteiger partial charge is 0.107 e. The lowest BCUT2D eigenvalue weighted by atomic mass is 9.68. The molecule has 0 amide bonds. The summed E-state index contributed by atoms with van der Waals surface area (Å²) in [7, 11) is 0. The Labute approximate surface area is 195 Å². The largest absolute Gasteiger partial charge is 0.378 e. The van der Waals surface area contributed by atoms with Crippen LogP contribution in [0.3, 0.4) is 0 Å². The predicted molar refractivity (Wildman–Crippen MR) is 130 cm³/mol. The van der Waals surface area contributed by atoms with Crippen molar-refractivity contribution in [2.45, 2.75) is 31.7 Å². The lowest BCUT2D eigenvalue weighted by Gasteiger charge is -2.49. The Morgan fingerprint density at radius 2 is 1.56 bits per heavy atom. The number of hydrogen-bond acceptors (Lipinski definition) is 6. The number of nitrogens with zero attached hydrogens (tertiary/aromatic N) is 1. The van der Waals surface area contributed by atoms with Crippen LogP contribution in [0, 0.1) is 17.8 Å². The zero-order chi connectivity index (χ0) is 22.9. The Balaban J connectivity index is 1.59. The third-order valence-corrected chi connectivity index (χ3v) is 6.34. The summed E-state index contributed by atoms with van der Waals surface area (Å²) < 4.78 is 22.0. The highest BCUT2D eigenvalue weighted by Crippen LogP contribution is 2.40. The van der Waals surface area contributed by atoms with Gasteiger partial charge in [-0.2, -0.15) is 0 Å². The van der Waals surface area contributed by atoms with Crippen molar-refractivity contribution in [3.05, 3.63) is 37.0 Å². The molecular formula is C26H42N2O4. The van der Waals surface area contributed by atoms with Crippen molar-refractivity contribution in [1.82, 2.24) is 10.2 Å². The molecule has 1 aliphatic heterocycles. The van der Waals surface area contributed by atoms with E-state index in [0.29, 0.717) is 64.3 Å². The van der Waals surface area contributed by atoms with Gasteiger partial charge in [-0.1, -0.05) is 37.3 Å². The molecule has 1 spiro atoms. The van der Waals surface area contributed by atoms with Crippen LogP contribution in [0.5, 0.6) is 0 Å². The monoisotopic (exact) mass is 446 g/mol. The SMILES string of the molecule is C#CCOCCOCCOCCOCCN(C/C(C=C)=C/C=C)C1CCC2(CC1)CNC2. The first-order chi connectivity index (χ1) is 15.7. The van der Waals surface area contributed by atoms with Crippen molar-refractivity contribution < 1.29 is 18.9 Å². The second kappa shape index (κ2) is 16.2. The summed E-state index contributed by atoms with van der Waals surface area (Å²) in [4.78, 5) is 2.56. The van der Waals surface area contributed by atoms with Crippen LogP contribution in [-0.4, -0.2) is 90.0 Å². The second-order valence-corrected chi connectivity index (χ2v) is 8.58. The molecule has 0 radical (unpaired) electrons. The molecule has 1 saturated heterocycles. The van der Waals surface area contributed by atoms with Crippen LogP contribution in [0.15, 0.2) is 37.0 Å². The molecular weight excluding hydrogens is 404 g/mol. The molecule has 0 unspecified atom stereocenters. The lowest BCUT2D eigenvalue weighted by Crippen LogP contribution is -2.56. The minimum absolute atomic E-state index is 0.326. The van der Waals surface area contributed by atoms with Crippen LogP contribution in [0.1, 0.15) is 25.7 Å². The molecule has 1 heterocycles. The van der Waals surface area contributed by atoms with Crippen molar-refractivity contribution in [2.24, 2.45) is 5.41 Å². The number of rotatable bonds is 18. The first-order valence-electron chi connectivity index (χ1n) is 11.9. The molecule has 1 saturated carbocycles. The van der Waals surface area contributed by atoms with Gasteiger partial charge in [-0.15, -0.1) is 6.42 Å². The van der Waals surface area contributed by atoms with Gasteiger partial charge in [0.05, 0.1) is 46.2 Å². The summed E-state index contributed by atoms with van der Waals surface area (Å²) in [6.07, 6.45) is 16.1. The number of ether oxygens (including phenoxy) is 4. The van der Waals surface area contributed by atoms with Gasteiger partial charge in [0.2, 0.25) is 0 Å². The zero-order valence-corrected chi connectivity index (χ0v) is 19.7. The molecule has 2 aliphatic rings. The maximum atomic E-state index is 5.85. The van der Waals surface area contributed by atoms with E-state index in [9.17, 15) is 0 Å². The van der Waals surface area contributed by atoms with E-state index >= 15 is 0 Å². The molecule has 6 heteroatoms. The number of hydrogen-bond donors (Lipinski definition) is 1. The van der Waals surface area contributed by atoms with Gasteiger partial charge >= 0.3 is 0 Å². The van der Waals surface area contributed by atoms with E-state index in [-0.39, 0.29) is 0 Å². The standard InChI is InChI=1S/C26H42N2O4/c1-4-7-24(6-3)21-28(25-8-10-26(11-9-25)22-27-23-26)12-14-30-16-18-32-20-19-31-17-15-29-13-5-2/h2,4,6-7,25,27H,1,3,8-23H2/b24-7+. The molecule has 0 atom stereocenters. The van der Waals surface area contributed by atoms with Crippen molar-refractivity contribution in [1.29, 1.82) is 0 Å². The number of allylic oxidation sites excluding steroid dienone is 2. The predicted octanol–water partition coefficient (Wildman–Crippen LogP) is 2.82. The summed E-state index contributed by atoms with van der Waals surface area (Å²) in [5, 5.41) is 3.46. The van der Waals surface area contributed by atoms with Gasteiger partial charge < -0.3 is 24.3 Å². The van der Waals surface area contributed by atoms with Crippen LogP contribution in [-0.2, 0) is 18.9 Å². The molecule has 180 valence electrons. The summed E-state index contributed by atoms with van der Waals surface area (Å²) in [5.74, 6) is 2.42. The maximum Gasteiger partial charge on any atom is 0.107 e. The highest BCUT2D eigenvalue weighted by Gasteiger charge is 2.41. The van der Waals surface area contributed by atoms with Gasteiger partial charge in [-0.3, -0.25) is 4.90 Å². The van der Waals surface area contributed by atoms with E-state index in [4.69, 9.17) is 25.4 Å². The van der Waals surface area contributed by atoms with Crippen LogP contribution >= 0.6 is 0 Å². The van der Waals surface area contributed by atoms with Gasteiger partial charge in [-0.25, -0.2) is 0 Å². The Hall–Kier alpha value is -1.46. The molecule has 0 aromatic rings. The fraction of sp³-hybridized carbons (Fsp3) is 0.692. The van der Waals surface area contributed by atoms with E-state index in [1.807, 2.05) is 12.2 Å². The Morgan fingerprint density at radius 1 is 0.969 bits per heavy atom. The van der Waals surface area contributed by atoms with E-state index < -0.39 is 0 Å². The molecule has 0 bridgehead atoms. The first-order valence-corrected chi connectivity index (χ1v) is 11.9. The van der Waals surface area contributed by atoms with E-state index in [0.717, 1.165) is 13.1 Å². The molecule has 0 aromatic carbocycles. The highest BCUT2D eigenvalue weighted by atomic mass is 16.6. The maximum absolute atomic E-state index is 5.85. The number of terminal acetylenes is 1. The quantitative estimate of drug-likeness (QED) is 0.199. The average Bonchev–Trinajstić information content (AvgIpc) is 2.79. The van der Waals surface area contributed by atoms with Gasteiger partial charge in [0.15, 0.2) is 0 Å². The average molecular weight is 447 g/mol. The van der Waals surface area contributed by atoms with E-state index in [1.165, 1.54) is 44.3 Å². The summed E-state index contributed by atoms with van der Waals surface area (Å²) >= 11 is 0. The van der Waals surface area contributed by atoms with Crippen LogP contribution in [0.2, 0.25) is 0 Å². The minimum Gasteiger partial charge on any atom is -0.378 e. The van der Waals surface area contributed by atoms with Crippen molar-refractivity contribution in [2.75, 3.05) is 79.0 Å². The first kappa shape index (κ1) is 26.8. The van der Waals surface area contributed by atoms with Crippen molar-refractivity contribution in [3.8, 4) is 12.3 Å². The van der Waals surface area contributed by atoms with Crippen molar-refractivity contribution >= 4 is 0 Å². The van der Waals surface area contributed by atoms with Gasteiger partial charge in [0.1, 0.15) is 6.61 Å². The summed E-state index contributed by atoms with van der Waals surface area (Å²) in [6, 6.07) is 0.607. The number of nitrogens with one attached hydrogen (secondary N) is 1. The van der Waals surface area contributed by atoms with Crippen LogP contribution < -0.4 is 5.32 Å². The molecule has 32 heavy (non-hydrogen) atoms. The van der Waals surface area contributed by atoms with E-state index in [1.54, 1.807) is 0 Å². The topological polar surface area (TPSA) is 52.2 Å². The Bertz CT molecular complexity index is 599. The third kappa shape index (κ3) is 9.99. The second-order valence-electron chi connectivity index (χ2n) is 8.58. The summed E-state index contributed by atoms with van der Waals surface area (Å²) in [6.45, 7) is 16.3. The molecule has 1 aliphatic carbocycles. The zero-order valence-electron chi connectivity index (χ0n) is 19.7. The normalized spacial score (nSPS) is 18.4.